The molecule has 0 radical (unpaired) electrons. The first-order valence-electron chi connectivity index (χ1n) is 6.15. The maximum Gasteiger partial charge on any atom is 0.243 e. The summed E-state index contributed by atoms with van der Waals surface area (Å²) in [5, 5.41) is 0. The van der Waals surface area contributed by atoms with E-state index in [0.29, 0.717) is 17.9 Å². The van der Waals surface area contributed by atoms with Crippen LogP contribution in [0.25, 0.3) is 0 Å². The molecule has 1 aromatic heterocycles. The van der Waals surface area contributed by atoms with Crippen LogP contribution in [0, 0.1) is 0 Å². The van der Waals surface area contributed by atoms with Crippen LogP contribution in [-0.4, -0.2) is 18.4 Å². The number of hydrogen-bond acceptors (Lipinski definition) is 5. The predicted molar refractivity (Wildman–Crippen MR) is 76.2 cm³/mol. The number of imidazole rings is 1. The molecule has 1 unspecified atom stereocenters. The lowest BCUT2D eigenvalue weighted by molar-refractivity contribution is 0.539. The van der Waals surface area contributed by atoms with Crippen molar-refractivity contribution in [1.29, 1.82) is 0 Å². The topological polar surface area (TPSA) is 113 Å². The molecule has 0 aliphatic heterocycles. The maximum atomic E-state index is 12.4. The highest BCUT2D eigenvalue weighted by Gasteiger charge is 2.23. The van der Waals surface area contributed by atoms with Gasteiger partial charge in [-0.25, -0.2) is 18.1 Å². The molecule has 2 rings (SSSR count). The highest BCUT2D eigenvalue weighted by Crippen LogP contribution is 2.22. The van der Waals surface area contributed by atoms with Gasteiger partial charge in [0.05, 0.1) is 11.7 Å². The molecule has 7 nitrogen and oxygen atoms in total. The number of benzene rings is 1. The van der Waals surface area contributed by atoms with Crippen molar-refractivity contribution in [2.75, 3.05) is 5.43 Å². The molecule has 0 amide bonds. The van der Waals surface area contributed by atoms with E-state index in [1.54, 1.807) is 30.6 Å². The average Bonchev–Trinajstić information content (AvgIpc) is 2.98. The number of hydrogen-bond donors (Lipinski definition) is 4. The fraction of sp³-hybridized carbons (Fsp3) is 0.250. The lowest BCUT2D eigenvalue weighted by Crippen LogP contribution is -2.30. The van der Waals surface area contributed by atoms with E-state index < -0.39 is 16.1 Å². The molecule has 0 bridgehead atoms. The van der Waals surface area contributed by atoms with Crippen LogP contribution in [0.2, 0.25) is 0 Å². The molecular weight excluding hydrogens is 278 g/mol. The van der Waals surface area contributed by atoms with E-state index in [2.05, 4.69) is 20.1 Å². The first kappa shape index (κ1) is 14.5. The second-order valence-electron chi connectivity index (χ2n) is 4.20. The molecule has 0 saturated heterocycles. The molecule has 1 aromatic carbocycles. The summed E-state index contributed by atoms with van der Waals surface area (Å²) in [5.74, 6) is 5.92. The molecule has 0 aliphatic carbocycles. The van der Waals surface area contributed by atoms with Gasteiger partial charge in [-0.1, -0.05) is 19.1 Å². The van der Waals surface area contributed by atoms with Crippen LogP contribution in [0.3, 0.4) is 0 Å². The van der Waals surface area contributed by atoms with Crippen molar-refractivity contribution in [3.05, 3.63) is 42.5 Å². The molecular formula is C12H17N5O2S. The number of aromatic nitrogens is 2. The number of nitrogens with zero attached hydrogens (tertiary/aromatic N) is 1. The number of sulfonamides is 1. The lowest BCUT2D eigenvalue weighted by Gasteiger charge is -2.16. The summed E-state index contributed by atoms with van der Waals surface area (Å²) in [7, 11) is -3.69. The van der Waals surface area contributed by atoms with E-state index in [9.17, 15) is 8.42 Å². The zero-order chi connectivity index (χ0) is 14.6. The molecule has 8 heteroatoms. The number of rotatable bonds is 6. The standard InChI is InChI=1S/C12H17N5O2S/c1-2-9(12-14-7-8-15-12)17-20(18,19)11-6-4-3-5-10(11)16-13/h3-9,16-17H,2,13H2,1H3,(H,14,15). The quantitative estimate of drug-likeness (QED) is 0.471. The van der Waals surface area contributed by atoms with Gasteiger partial charge in [0.15, 0.2) is 0 Å². The summed E-state index contributed by atoms with van der Waals surface area (Å²) in [4.78, 5) is 7.10. The van der Waals surface area contributed by atoms with Gasteiger partial charge in [0.25, 0.3) is 0 Å². The maximum absolute atomic E-state index is 12.4. The third-order valence-electron chi connectivity index (χ3n) is 2.89. The number of aromatic amines is 1. The highest BCUT2D eigenvalue weighted by atomic mass is 32.2. The highest BCUT2D eigenvalue weighted by molar-refractivity contribution is 7.89. The van der Waals surface area contributed by atoms with Crippen molar-refractivity contribution in [1.82, 2.24) is 14.7 Å². The summed E-state index contributed by atoms with van der Waals surface area (Å²) in [6, 6.07) is 6.02. The van der Waals surface area contributed by atoms with Gasteiger partial charge in [-0.3, -0.25) is 5.84 Å². The summed E-state index contributed by atoms with van der Waals surface area (Å²) >= 11 is 0. The Labute approximate surface area is 117 Å². The first-order chi connectivity index (χ1) is 9.58. The number of nitrogens with one attached hydrogen (secondary N) is 3. The zero-order valence-electron chi connectivity index (χ0n) is 11.0. The van der Waals surface area contributed by atoms with Crippen molar-refractivity contribution in [3.8, 4) is 0 Å². The Morgan fingerprint density at radius 2 is 2.15 bits per heavy atom. The van der Waals surface area contributed by atoms with Gasteiger partial charge in [0.2, 0.25) is 10.0 Å². The van der Waals surface area contributed by atoms with Crippen molar-refractivity contribution in [3.63, 3.8) is 0 Å². The summed E-state index contributed by atoms with van der Waals surface area (Å²) < 4.78 is 27.5. The number of hydrazine groups is 1. The van der Waals surface area contributed by atoms with Crippen molar-refractivity contribution in [2.24, 2.45) is 5.84 Å². The molecule has 0 aliphatic rings. The summed E-state index contributed by atoms with van der Waals surface area (Å²) in [6.07, 6.45) is 3.81. The molecule has 0 saturated carbocycles. The minimum atomic E-state index is -3.69. The summed E-state index contributed by atoms with van der Waals surface area (Å²) in [5.41, 5.74) is 2.73. The Hall–Kier alpha value is -1.90. The lowest BCUT2D eigenvalue weighted by atomic mass is 10.2. The van der Waals surface area contributed by atoms with Crippen molar-refractivity contribution < 1.29 is 8.42 Å². The van der Waals surface area contributed by atoms with Gasteiger partial charge in [-0.05, 0) is 18.6 Å². The van der Waals surface area contributed by atoms with E-state index in [1.165, 1.54) is 6.07 Å². The second kappa shape index (κ2) is 6.04. The van der Waals surface area contributed by atoms with Gasteiger partial charge in [0, 0.05) is 12.4 Å². The minimum Gasteiger partial charge on any atom is -0.347 e. The Balaban J connectivity index is 2.31. The van der Waals surface area contributed by atoms with E-state index in [1.807, 2.05) is 6.92 Å². The van der Waals surface area contributed by atoms with Crippen molar-refractivity contribution in [2.45, 2.75) is 24.3 Å². The van der Waals surface area contributed by atoms with E-state index in [-0.39, 0.29) is 4.90 Å². The Bertz CT molecular complexity index is 654. The van der Waals surface area contributed by atoms with Crippen LogP contribution >= 0.6 is 0 Å². The summed E-state index contributed by atoms with van der Waals surface area (Å²) in [6.45, 7) is 1.88. The molecule has 1 heterocycles. The normalized spacial score (nSPS) is 13.1. The molecule has 0 spiro atoms. The van der Waals surface area contributed by atoms with E-state index in [0.717, 1.165) is 0 Å². The van der Waals surface area contributed by atoms with Crippen LogP contribution < -0.4 is 16.0 Å². The fourth-order valence-corrected chi connectivity index (χ4v) is 3.33. The number of nitrogens with two attached hydrogens (primary N) is 1. The van der Waals surface area contributed by atoms with Crippen LogP contribution in [0.4, 0.5) is 5.69 Å². The average molecular weight is 295 g/mol. The second-order valence-corrected chi connectivity index (χ2v) is 5.88. The Morgan fingerprint density at radius 1 is 1.40 bits per heavy atom. The van der Waals surface area contributed by atoms with Gasteiger partial charge in [0.1, 0.15) is 10.7 Å². The molecule has 5 N–H and O–H groups in total. The Morgan fingerprint density at radius 3 is 2.75 bits per heavy atom. The monoisotopic (exact) mass is 295 g/mol. The number of para-hydroxylation sites is 1. The van der Waals surface area contributed by atoms with E-state index >= 15 is 0 Å². The molecule has 20 heavy (non-hydrogen) atoms. The molecule has 2 aromatic rings. The fourth-order valence-electron chi connectivity index (χ4n) is 1.87. The third kappa shape index (κ3) is 2.98. The third-order valence-corrected chi connectivity index (χ3v) is 4.42. The number of H-pyrrole nitrogens is 1. The first-order valence-corrected chi connectivity index (χ1v) is 7.64. The largest absolute Gasteiger partial charge is 0.347 e. The Kier molecular flexibility index (Phi) is 4.38. The molecule has 108 valence electrons. The van der Waals surface area contributed by atoms with E-state index in [4.69, 9.17) is 5.84 Å². The van der Waals surface area contributed by atoms with Crippen LogP contribution in [-0.2, 0) is 10.0 Å². The number of nitrogen functional groups attached to an aromatic ring is 1. The number of anilines is 1. The molecule has 0 fully saturated rings. The SMILES string of the molecule is CCC(NS(=O)(=O)c1ccccc1NN)c1ncc[nH]1. The predicted octanol–water partition coefficient (Wildman–Crippen LogP) is 1.12. The zero-order valence-corrected chi connectivity index (χ0v) is 11.8. The van der Waals surface area contributed by atoms with Crippen LogP contribution in [0.1, 0.15) is 25.2 Å². The van der Waals surface area contributed by atoms with Gasteiger partial charge in [-0.2, -0.15) is 0 Å². The molecule has 1 atom stereocenters. The van der Waals surface area contributed by atoms with Crippen LogP contribution in [0.15, 0.2) is 41.6 Å². The minimum absolute atomic E-state index is 0.104. The van der Waals surface area contributed by atoms with Crippen molar-refractivity contribution >= 4 is 15.7 Å². The smallest absolute Gasteiger partial charge is 0.243 e. The van der Waals surface area contributed by atoms with Gasteiger partial charge < -0.3 is 10.4 Å². The van der Waals surface area contributed by atoms with Crippen LogP contribution in [0.5, 0.6) is 0 Å². The van der Waals surface area contributed by atoms with Gasteiger partial charge >= 0.3 is 0 Å². The van der Waals surface area contributed by atoms with Gasteiger partial charge in [-0.15, -0.1) is 0 Å².